The van der Waals surface area contributed by atoms with E-state index in [1.165, 1.54) is 45.3 Å². The summed E-state index contributed by atoms with van der Waals surface area (Å²) < 4.78 is 8.38. The Morgan fingerprint density at radius 1 is 0.404 bits per heavy atom. The van der Waals surface area contributed by atoms with Gasteiger partial charge < -0.3 is 42.9 Å². The van der Waals surface area contributed by atoms with E-state index in [1.54, 1.807) is 0 Å². The molecule has 8 rings (SSSR count). The largest absolute Gasteiger partial charge is 0.473 e. The first-order chi connectivity index (χ1) is 22.4. The third-order valence-electron chi connectivity index (χ3n) is 5.40. The average molecular weight is 1180 g/mol. The van der Waals surface area contributed by atoms with Gasteiger partial charge in [0.05, 0.1) is 0 Å². The molecule has 0 bridgehead atoms. The van der Waals surface area contributed by atoms with E-state index in [1.807, 2.05) is 72.8 Å². The molecule has 19 heteroatoms. The van der Waals surface area contributed by atoms with E-state index in [0.717, 1.165) is 58.8 Å². The van der Waals surface area contributed by atoms with Crippen LogP contribution in [0.3, 0.4) is 0 Å². The maximum absolute atomic E-state index is 7.29. The van der Waals surface area contributed by atoms with Gasteiger partial charge in [0.2, 0.25) is 0 Å². The Morgan fingerprint density at radius 2 is 0.596 bits per heavy atom. The van der Waals surface area contributed by atoms with Crippen molar-refractivity contribution in [3.05, 3.63) is 114 Å². The maximum Gasteiger partial charge on any atom is 0.0312 e. The third kappa shape index (κ3) is 12.2. The van der Waals surface area contributed by atoms with Gasteiger partial charge in [0, 0.05) is 36.7 Å². The van der Waals surface area contributed by atoms with Crippen molar-refractivity contribution in [1.82, 2.24) is 19.9 Å². The summed E-state index contributed by atoms with van der Waals surface area (Å²) in [4.78, 5) is 16.1. The van der Waals surface area contributed by atoms with Crippen LogP contribution in [0.1, 0.15) is 0 Å². The van der Waals surface area contributed by atoms with Gasteiger partial charge in [-0.15, -0.1) is 45.3 Å². The van der Waals surface area contributed by atoms with Crippen molar-refractivity contribution in [3.63, 3.8) is 0 Å². The molecular formula is C28H16Br6N8RhS4-4. The van der Waals surface area contributed by atoms with Crippen molar-refractivity contribution in [3.8, 4) is 0 Å². The molecule has 4 heterocycles. The van der Waals surface area contributed by atoms with Crippen molar-refractivity contribution in [2.45, 2.75) is 0 Å². The molecule has 4 aromatic carbocycles. The topological polar surface area (TPSA) is 147 Å². The molecule has 0 unspecified atom stereocenters. The van der Waals surface area contributed by atoms with E-state index in [4.69, 9.17) is 22.9 Å². The van der Waals surface area contributed by atoms with E-state index >= 15 is 0 Å². The van der Waals surface area contributed by atoms with Gasteiger partial charge in [-0.1, -0.05) is 88.0 Å². The van der Waals surface area contributed by atoms with Crippen LogP contribution < -0.4 is 0 Å². The van der Waals surface area contributed by atoms with Crippen molar-refractivity contribution in [2.24, 2.45) is 0 Å². The molecule has 0 saturated carbocycles. The molecule has 0 aliphatic carbocycles. The van der Waals surface area contributed by atoms with Crippen LogP contribution in [0.25, 0.3) is 63.8 Å². The number of hydrogen-bond donors (Lipinski definition) is 0. The molecule has 8 aromatic rings. The first-order valence-corrected chi connectivity index (χ1v) is 26.3. The van der Waals surface area contributed by atoms with E-state index < -0.39 is 0 Å². The summed E-state index contributed by atoms with van der Waals surface area (Å²) in [6.07, 6.45) is 0. The van der Waals surface area contributed by atoms with Gasteiger partial charge in [-0.25, -0.2) is 0 Å². The normalized spacial score (nSPS) is 10.4. The molecule has 0 radical (unpaired) electrons. The molecule has 0 amide bonds. The second-order valence-corrected chi connectivity index (χ2v) is 23.9. The molecular weight excluding hydrogens is 1160 g/mol. The Morgan fingerprint density at radius 3 is 0.787 bits per heavy atom. The predicted octanol–water partition coefficient (Wildman–Crippen LogP) is 16.7. The molecule has 0 saturated heterocycles. The molecule has 8 nitrogen and oxygen atoms in total. The van der Waals surface area contributed by atoms with Crippen LogP contribution in [-0.2, 0) is 13.2 Å². The Hall–Kier alpha value is -0.857. The Labute approximate surface area is 340 Å². The second-order valence-electron chi connectivity index (χ2n) is 8.57. The standard InChI is InChI=1S/4C7H4BrN2S.2BrH.Rh/c4*8-4-1-2-5-6(3-4)11-7(9)10-5;;;/h4*1-3H,(H-,9,10);2*1H;/q4*-1;;;+2/p-2. The number of rotatable bonds is 0. The number of nitrogens with zero attached hydrogens (tertiary/aromatic N) is 4. The van der Waals surface area contributed by atoms with Crippen LogP contribution >= 0.6 is 136 Å². The van der Waals surface area contributed by atoms with Crippen LogP contribution in [0.15, 0.2) is 90.7 Å². The summed E-state index contributed by atoms with van der Waals surface area (Å²) in [6.45, 7) is 0. The summed E-state index contributed by atoms with van der Waals surface area (Å²) in [5.74, 6) is 0. The van der Waals surface area contributed by atoms with E-state index in [-0.39, 0.29) is 0 Å². The molecule has 0 aliphatic rings. The minimum Gasteiger partial charge on any atom is -0.473 e. The van der Waals surface area contributed by atoms with E-state index in [9.17, 15) is 0 Å². The Balaban J connectivity index is 0.000000138. The fourth-order valence-electron chi connectivity index (χ4n) is 3.59. The molecule has 4 N–H and O–H groups in total. The van der Waals surface area contributed by atoms with Gasteiger partial charge in [-0.05, 0) is 91.1 Å². The van der Waals surface area contributed by atoms with Crippen molar-refractivity contribution in [2.75, 3.05) is 0 Å². The molecule has 0 fully saturated rings. The molecule has 0 atom stereocenters. The molecule has 247 valence electrons. The zero-order valence-corrected chi connectivity index (χ0v) is 37.4. The summed E-state index contributed by atoms with van der Waals surface area (Å²) in [6, 6.07) is 23.3. The zero-order chi connectivity index (χ0) is 34.1. The van der Waals surface area contributed by atoms with Gasteiger partial charge in [0.25, 0.3) is 0 Å². The maximum atomic E-state index is 7.29. The monoisotopic (exact) mass is 1170 g/mol. The molecule has 0 aliphatic heterocycles. The summed E-state index contributed by atoms with van der Waals surface area (Å²) in [5.41, 5.74) is 32.8. The quantitative estimate of drug-likeness (QED) is 0.139. The fourth-order valence-corrected chi connectivity index (χ4v) is 8.67. The third-order valence-corrected chi connectivity index (χ3v) is 10.7. The minimum absolute atomic E-state index is 0.373. The van der Waals surface area contributed by atoms with Crippen molar-refractivity contribution in [1.29, 1.82) is 0 Å². The van der Waals surface area contributed by atoms with Gasteiger partial charge in [-0.3, -0.25) is 0 Å². The number of halogens is 6. The Kier molecular flexibility index (Phi) is 15.7. The first kappa shape index (κ1) is 38.9. The number of benzene rings is 4. The summed E-state index contributed by atoms with van der Waals surface area (Å²) >= 11 is 25.7. The predicted molar refractivity (Wildman–Crippen MR) is 223 cm³/mol. The SMILES string of the molecule is [Br][Rh][Br].[NH-]c1nc2ccc(Br)cc2s1.[NH-]c1nc2ccc(Br)cc2s1.[NH-]c1nc2ccc(Br)cc2s1.[NH-]c1nc2ccc(Br)cc2s1. The van der Waals surface area contributed by atoms with Crippen LogP contribution in [-0.4, -0.2) is 19.9 Å². The molecule has 47 heavy (non-hydrogen) atoms. The number of nitrogens with one attached hydrogen (secondary N) is 4. The van der Waals surface area contributed by atoms with Crippen LogP contribution in [0, 0.1) is 0 Å². The first-order valence-electron chi connectivity index (χ1n) is 12.4. The molecule has 0 spiro atoms. The average Bonchev–Trinajstić information content (AvgIpc) is 3.76. The van der Waals surface area contributed by atoms with Crippen molar-refractivity contribution < 1.29 is 13.2 Å². The minimum atomic E-state index is 0.373. The van der Waals surface area contributed by atoms with Crippen LogP contribution in [0.4, 0.5) is 20.5 Å². The number of aromatic nitrogens is 4. The van der Waals surface area contributed by atoms with Gasteiger partial charge in [-0.2, -0.15) is 0 Å². The summed E-state index contributed by atoms with van der Waals surface area (Å²) in [7, 11) is 0. The van der Waals surface area contributed by atoms with Crippen LogP contribution in [0.5, 0.6) is 0 Å². The van der Waals surface area contributed by atoms with Crippen molar-refractivity contribution >= 4 is 198 Å². The Bertz CT molecular complexity index is 1930. The molecule has 4 aromatic heterocycles. The summed E-state index contributed by atoms with van der Waals surface area (Å²) in [5, 5.41) is 1.49. The fraction of sp³-hybridized carbons (Fsp3) is 0. The number of hydrogen-bond acceptors (Lipinski definition) is 8. The van der Waals surface area contributed by atoms with Gasteiger partial charge >= 0.3 is 40.5 Å². The number of fused-ring (bicyclic) bond motifs is 4. The zero-order valence-electron chi connectivity index (χ0n) is 23.0. The smallest absolute Gasteiger partial charge is 0.0312 e. The van der Waals surface area contributed by atoms with Gasteiger partial charge in [0.1, 0.15) is 0 Å². The van der Waals surface area contributed by atoms with Gasteiger partial charge in [0.15, 0.2) is 0 Å². The number of thiazole rings is 4. The van der Waals surface area contributed by atoms with E-state index in [2.05, 4.69) is 111 Å². The van der Waals surface area contributed by atoms with Crippen LogP contribution in [0.2, 0.25) is 0 Å². The van der Waals surface area contributed by atoms with E-state index in [0.29, 0.717) is 33.7 Å². The second kappa shape index (κ2) is 18.9.